The SMILES string of the molecule is COc1cccc(CC(=O)NNC(=O)c2ccc3c(c2)OCCO3)c1. The number of amides is 2. The Morgan fingerprint density at radius 2 is 1.84 bits per heavy atom. The van der Waals surface area contributed by atoms with E-state index in [0.717, 1.165) is 5.56 Å². The van der Waals surface area contributed by atoms with Crippen LogP contribution in [0.15, 0.2) is 42.5 Å². The van der Waals surface area contributed by atoms with Crippen molar-refractivity contribution in [2.24, 2.45) is 0 Å². The fraction of sp³-hybridized carbons (Fsp3) is 0.222. The highest BCUT2D eigenvalue weighted by Crippen LogP contribution is 2.30. The van der Waals surface area contributed by atoms with Crippen molar-refractivity contribution in [1.82, 2.24) is 10.9 Å². The van der Waals surface area contributed by atoms with E-state index in [2.05, 4.69) is 10.9 Å². The lowest BCUT2D eigenvalue weighted by Crippen LogP contribution is -2.42. The number of fused-ring (bicyclic) bond motifs is 1. The molecule has 0 aromatic heterocycles. The molecule has 0 saturated carbocycles. The molecule has 130 valence electrons. The number of nitrogens with one attached hydrogen (secondary N) is 2. The van der Waals surface area contributed by atoms with Gasteiger partial charge in [0.1, 0.15) is 19.0 Å². The van der Waals surface area contributed by atoms with Crippen LogP contribution in [0.1, 0.15) is 15.9 Å². The van der Waals surface area contributed by atoms with Gasteiger partial charge in [-0.05, 0) is 35.9 Å². The zero-order valence-electron chi connectivity index (χ0n) is 13.7. The van der Waals surface area contributed by atoms with E-state index in [0.29, 0.717) is 36.0 Å². The van der Waals surface area contributed by atoms with Gasteiger partial charge < -0.3 is 14.2 Å². The van der Waals surface area contributed by atoms with Gasteiger partial charge in [-0.15, -0.1) is 0 Å². The molecule has 25 heavy (non-hydrogen) atoms. The quantitative estimate of drug-likeness (QED) is 0.822. The van der Waals surface area contributed by atoms with Crippen LogP contribution in [-0.2, 0) is 11.2 Å². The molecule has 2 aromatic carbocycles. The Kier molecular flexibility index (Phi) is 5.03. The molecule has 3 rings (SSSR count). The van der Waals surface area contributed by atoms with Crippen LogP contribution in [0.2, 0.25) is 0 Å². The molecule has 7 heteroatoms. The fourth-order valence-electron chi connectivity index (χ4n) is 2.40. The van der Waals surface area contributed by atoms with Gasteiger partial charge in [0.2, 0.25) is 5.91 Å². The van der Waals surface area contributed by atoms with Crippen LogP contribution < -0.4 is 25.1 Å². The number of ether oxygens (including phenoxy) is 3. The molecule has 0 fully saturated rings. The van der Waals surface area contributed by atoms with Gasteiger partial charge in [0.05, 0.1) is 13.5 Å². The number of hydrogen-bond donors (Lipinski definition) is 2. The van der Waals surface area contributed by atoms with E-state index in [9.17, 15) is 9.59 Å². The zero-order chi connectivity index (χ0) is 17.6. The first kappa shape index (κ1) is 16.6. The Morgan fingerprint density at radius 3 is 2.64 bits per heavy atom. The third kappa shape index (κ3) is 4.20. The normalized spacial score (nSPS) is 12.2. The van der Waals surface area contributed by atoms with E-state index in [-0.39, 0.29) is 12.3 Å². The maximum atomic E-state index is 12.1. The van der Waals surface area contributed by atoms with Crippen LogP contribution >= 0.6 is 0 Å². The standard InChI is InChI=1S/C18H18N2O5/c1-23-14-4-2-3-12(9-14)10-17(21)19-20-18(22)13-5-6-15-16(11-13)25-8-7-24-15/h2-6,9,11H,7-8,10H2,1H3,(H,19,21)(H,20,22). The molecule has 7 nitrogen and oxygen atoms in total. The number of benzene rings is 2. The van der Waals surface area contributed by atoms with Crippen LogP contribution in [0.4, 0.5) is 0 Å². The van der Waals surface area contributed by atoms with Crippen molar-refractivity contribution < 1.29 is 23.8 Å². The van der Waals surface area contributed by atoms with Gasteiger partial charge in [-0.3, -0.25) is 20.4 Å². The maximum absolute atomic E-state index is 12.1. The monoisotopic (exact) mass is 342 g/mol. The lowest BCUT2D eigenvalue weighted by Gasteiger charge is -2.18. The highest BCUT2D eigenvalue weighted by atomic mass is 16.6. The minimum absolute atomic E-state index is 0.124. The van der Waals surface area contributed by atoms with Gasteiger partial charge in [-0.25, -0.2) is 0 Å². The molecule has 2 amide bonds. The van der Waals surface area contributed by atoms with Crippen LogP contribution in [0.3, 0.4) is 0 Å². The molecule has 0 bridgehead atoms. The van der Waals surface area contributed by atoms with E-state index in [1.54, 1.807) is 43.5 Å². The molecule has 0 atom stereocenters. The second kappa shape index (κ2) is 7.57. The zero-order valence-corrected chi connectivity index (χ0v) is 13.7. The Morgan fingerprint density at radius 1 is 1.04 bits per heavy atom. The predicted molar refractivity (Wildman–Crippen MR) is 89.7 cm³/mol. The summed E-state index contributed by atoms with van der Waals surface area (Å²) in [6.45, 7) is 0.925. The summed E-state index contributed by atoms with van der Waals surface area (Å²) in [5.74, 6) is 1.02. The first-order chi connectivity index (χ1) is 12.2. The third-order valence-electron chi connectivity index (χ3n) is 3.62. The number of carbonyl (C=O) groups is 2. The highest BCUT2D eigenvalue weighted by Gasteiger charge is 2.15. The average molecular weight is 342 g/mol. The van der Waals surface area contributed by atoms with Crippen LogP contribution in [0.5, 0.6) is 17.2 Å². The van der Waals surface area contributed by atoms with Gasteiger partial charge in [0.25, 0.3) is 5.91 Å². The lowest BCUT2D eigenvalue weighted by atomic mass is 10.1. The molecule has 0 aliphatic carbocycles. The average Bonchev–Trinajstić information content (AvgIpc) is 2.65. The summed E-state index contributed by atoms with van der Waals surface area (Å²) < 4.78 is 16.0. The first-order valence-electron chi connectivity index (χ1n) is 7.77. The van der Waals surface area contributed by atoms with E-state index >= 15 is 0 Å². The van der Waals surface area contributed by atoms with Crippen LogP contribution in [-0.4, -0.2) is 32.1 Å². The molecule has 0 radical (unpaired) electrons. The van der Waals surface area contributed by atoms with Gasteiger partial charge in [-0.2, -0.15) is 0 Å². The minimum atomic E-state index is -0.434. The van der Waals surface area contributed by atoms with Gasteiger partial charge in [0.15, 0.2) is 11.5 Å². The second-order valence-electron chi connectivity index (χ2n) is 5.39. The summed E-state index contributed by atoms with van der Waals surface area (Å²) in [6, 6.07) is 12.0. The molecule has 0 unspecified atom stereocenters. The predicted octanol–water partition coefficient (Wildman–Crippen LogP) is 1.47. The summed E-state index contributed by atoms with van der Waals surface area (Å²) in [4.78, 5) is 24.1. The van der Waals surface area contributed by atoms with Crippen molar-refractivity contribution in [3.05, 3.63) is 53.6 Å². The Balaban J connectivity index is 1.55. The van der Waals surface area contributed by atoms with E-state index in [4.69, 9.17) is 14.2 Å². The summed E-state index contributed by atoms with van der Waals surface area (Å²) in [5, 5.41) is 0. The molecule has 1 heterocycles. The highest BCUT2D eigenvalue weighted by molar-refractivity contribution is 5.96. The Bertz CT molecular complexity index is 791. The minimum Gasteiger partial charge on any atom is -0.497 e. The van der Waals surface area contributed by atoms with E-state index < -0.39 is 5.91 Å². The molecular weight excluding hydrogens is 324 g/mol. The van der Waals surface area contributed by atoms with Gasteiger partial charge >= 0.3 is 0 Å². The Hall–Kier alpha value is -3.22. The van der Waals surface area contributed by atoms with Crippen molar-refractivity contribution in [2.45, 2.75) is 6.42 Å². The second-order valence-corrected chi connectivity index (χ2v) is 5.39. The van der Waals surface area contributed by atoms with Crippen LogP contribution in [0, 0.1) is 0 Å². The topological polar surface area (TPSA) is 85.9 Å². The lowest BCUT2D eigenvalue weighted by molar-refractivity contribution is -0.121. The van der Waals surface area contributed by atoms with Crippen molar-refractivity contribution in [3.8, 4) is 17.2 Å². The summed E-state index contributed by atoms with van der Waals surface area (Å²) in [5.41, 5.74) is 5.93. The van der Waals surface area contributed by atoms with Gasteiger partial charge in [-0.1, -0.05) is 12.1 Å². The summed E-state index contributed by atoms with van der Waals surface area (Å²) >= 11 is 0. The van der Waals surface area contributed by atoms with Crippen molar-refractivity contribution in [2.75, 3.05) is 20.3 Å². The number of methoxy groups -OCH3 is 1. The molecule has 0 saturated heterocycles. The van der Waals surface area contributed by atoms with E-state index in [1.807, 2.05) is 6.07 Å². The number of carbonyl (C=O) groups excluding carboxylic acids is 2. The van der Waals surface area contributed by atoms with Crippen LogP contribution in [0.25, 0.3) is 0 Å². The number of hydrazine groups is 1. The third-order valence-corrected chi connectivity index (χ3v) is 3.62. The smallest absolute Gasteiger partial charge is 0.269 e. The molecular formula is C18H18N2O5. The summed E-state index contributed by atoms with van der Waals surface area (Å²) in [6.07, 6.45) is 0.124. The first-order valence-corrected chi connectivity index (χ1v) is 7.77. The maximum Gasteiger partial charge on any atom is 0.269 e. The molecule has 0 spiro atoms. The fourth-order valence-corrected chi connectivity index (χ4v) is 2.40. The Labute approximate surface area is 144 Å². The molecule has 1 aliphatic rings. The molecule has 2 N–H and O–H groups in total. The molecule has 2 aromatic rings. The largest absolute Gasteiger partial charge is 0.497 e. The van der Waals surface area contributed by atoms with Crippen molar-refractivity contribution >= 4 is 11.8 Å². The number of rotatable bonds is 4. The molecule has 1 aliphatic heterocycles. The van der Waals surface area contributed by atoms with E-state index in [1.165, 1.54) is 0 Å². The number of hydrogen-bond acceptors (Lipinski definition) is 5. The summed E-state index contributed by atoms with van der Waals surface area (Å²) in [7, 11) is 1.56. The van der Waals surface area contributed by atoms with Crippen molar-refractivity contribution in [3.63, 3.8) is 0 Å². The van der Waals surface area contributed by atoms with Crippen molar-refractivity contribution in [1.29, 1.82) is 0 Å². The van der Waals surface area contributed by atoms with Gasteiger partial charge in [0, 0.05) is 5.56 Å².